The Morgan fingerprint density at radius 3 is 2.67 bits per heavy atom. The fraction of sp³-hybridized carbons (Fsp3) is 0.450. The second kappa shape index (κ2) is 8.92. The molecule has 7 heteroatoms. The molecule has 0 saturated carbocycles. The number of piperazine rings is 1. The van der Waals surface area contributed by atoms with Crippen LogP contribution >= 0.6 is 0 Å². The van der Waals surface area contributed by atoms with Gasteiger partial charge in [-0.1, -0.05) is 6.07 Å². The molecule has 2 amide bonds. The molecule has 2 aromatic rings. The third kappa shape index (κ3) is 4.81. The second-order valence-corrected chi connectivity index (χ2v) is 6.81. The molecule has 7 nitrogen and oxygen atoms in total. The van der Waals surface area contributed by atoms with E-state index in [1.165, 1.54) is 0 Å². The van der Waals surface area contributed by atoms with Gasteiger partial charge in [-0.2, -0.15) is 0 Å². The van der Waals surface area contributed by atoms with Gasteiger partial charge in [0.1, 0.15) is 0 Å². The summed E-state index contributed by atoms with van der Waals surface area (Å²) in [6.45, 7) is 8.03. The number of pyridine rings is 1. The summed E-state index contributed by atoms with van der Waals surface area (Å²) in [7, 11) is 0. The van der Waals surface area contributed by atoms with E-state index in [2.05, 4.69) is 25.4 Å². The summed E-state index contributed by atoms with van der Waals surface area (Å²) in [6.07, 6.45) is 1.75. The van der Waals surface area contributed by atoms with E-state index in [4.69, 9.17) is 0 Å². The highest BCUT2D eigenvalue weighted by Gasteiger charge is 2.26. The molecule has 1 fully saturated rings. The van der Waals surface area contributed by atoms with Crippen LogP contribution in [0.5, 0.6) is 0 Å². The molecule has 0 aliphatic carbocycles. The molecule has 0 radical (unpaired) electrons. The topological polar surface area (TPSA) is 77.6 Å². The Labute approximate surface area is 159 Å². The number of carbonyl (C=O) groups excluding carboxylic acids is 2. The molecule has 0 spiro atoms. The number of likely N-dealkylation sites (N-methyl/N-ethyl adjacent to an activating group) is 1. The van der Waals surface area contributed by atoms with Gasteiger partial charge in [0.25, 0.3) is 0 Å². The number of nitrogens with zero attached hydrogens (tertiary/aromatic N) is 3. The third-order valence-electron chi connectivity index (χ3n) is 4.98. The standard InChI is InChI=1S/C20H27N5O2/c1-3-21-19(26)14-24-10-12-25(13-11-24)15(2)20(27)23-18-8-4-7-17-16(18)6-5-9-22-17/h4-9,15H,3,10-14H2,1-2H3,(H,21,26)(H,23,27)/t15-/m1/s1. The molecule has 144 valence electrons. The van der Waals surface area contributed by atoms with Crippen molar-refractivity contribution in [1.29, 1.82) is 0 Å². The average Bonchev–Trinajstić information content (AvgIpc) is 2.68. The van der Waals surface area contributed by atoms with Gasteiger partial charge in [0.2, 0.25) is 11.8 Å². The Morgan fingerprint density at radius 2 is 1.93 bits per heavy atom. The van der Waals surface area contributed by atoms with Gasteiger partial charge in [0.05, 0.1) is 23.8 Å². The van der Waals surface area contributed by atoms with Crippen molar-refractivity contribution in [3.05, 3.63) is 36.5 Å². The number of hydrogen-bond donors (Lipinski definition) is 2. The molecule has 1 atom stereocenters. The summed E-state index contributed by atoms with van der Waals surface area (Å²) >= 11 is 0. The first kappa shape index (κ1) is 19.3. The fourth-order valence-electron chi connectivity index (χ4n) is 3.38. The lowest BCUT2D eigenvalue weighted by molar-refractivity contribution is -0.124. The van der Waals surface area contributed by atoms with Gasteiger partial charge in [-0.05, 0) is 38.1 Å². The molecule has 0 bridgehead atoms. The number of fused-ring (bicyclic) bond motifs is 1. The van der Waals surface area contributed by atoms with Crippen molar-refractivity contribution in [2.45, 2.75) is 19.9 Å². The smallest absolute Gasteiger partial charge is 0.241 e. The molecule has 1 aromatic heterocycles. The van der Waals surface area contributed by atoms with Gasteiger partial charge in [-0.3, -0.25) is 24.4 Å². The third-order valence-corrected chi connectivity index (χ3v) is 4.98. The normalized spacial score (nSPS) is 16.8. The van der Waals surface area contributed by atoms with E-state index in [9.17, 15) is 9.59 Å². The van der Waals surface area contributed by atoms with Crippen molar-refractivity contribution in [1.82, 2.24) is 20.1 Å². The van der Waals surface area contributed by atoms with Crippen LogP contribution in [-0.2, 0) is 9.59 Å². The van der Waals surface area contributed by atoms with Crippen LogP contribution in [0.25, 0.3) is 10.9 Å². The first-order valence-corrected chi connectivity index (χ1v) is 9.46. The molecule has 1 saturated heterocycles. The van der Waals surface area contributed by atoms with Crippen molar-refractivity contribution >= 4 is 28.4 Å². The highest BCUT2D eigenvalue weighted by molar-refractivity contribution is 6.02. The molecule has 27 heavy (non-hydrogen) atoms. The number of hydrogen-bond acceptors (Lipinski definition) is 5. The zero-order valence-electron chi connectivity index (χ0n) is 15.9. The predicted molar refractivity (Wildman–Crippen MR) is 107 cm³/mol. The molecule has 2 N–H and O–H groups in total. The van der Waals surface area contributed by atoms with Crippen LogP contribution in [0.2, 0.25) is 0 Å². The number of rotatable bonds is 6. The number of aromatic nitrogens is 1. The van der Waals surface area contributed by atoms with E-state index in [1.807, 2.05) is 44.2 Å². The minimum Gasteiger partial charge on any atom is -0.355 e. The molecule has 3 rings (SSSR count). The van der Waals surface area contributed by atoms with Crippen molar-refractivity contribution in [3.63, 3.8) is 0 Å². The molecular weight excluding hydrogens is 342 g/mol. The quantitative estimate of drug-likeness (QED) is 0.803. The first-order valence-electron chi connectivity index (χ1n) is 9.46. The summed E-state index contributed by atoms with van der Waals surface area (Å²) in [5.41, 5.74) is 1.65. The Bertz CT molecular complexity index is 797. The van der Waals surface area contributed by atoms with Crippen molar-refractivity contribution in [2.24, 2.45) is 0 Å². The van der Waals surface area contributed by atoms with Crippen LogP contribution in [0.1, 0.15) is 13.8 Å². The fourth-order valence-corrected chi connectivity index (χ4v) is 3.38. The van der Waals surface area contributed by atoms with Crippen LogP contribution in [-0.4, -0.2) is 71.9 Å². The van der Waals surface area contributed by atoms with E-state index in [1.54, 1.807) is 6.20 Å². The minimum atomic E-state index is -0.233. The average molecular weight is 369 g/mol. The Balaban J connectivity index is 1.56. The SMILES string of the molecule is CCNC(=O)CN1CCN([C@H](C)C(=O)Nc2cccc3ncccc23)CC1. The molecule has 1 aliphatic heterocycles. The number of amides is 2. The molecule has 1 aliphatic rings. The van der Waals surface area contributed by atoms with Gasteiger partial charge in [0.15, 0.2) is 0 Å². The van der Waals surface area contributed by atoms with Gasteiger partial charge in [-0.15, -0.1) is 0 Å². The van der Waals surface area contributed by atoms with Gasteiger partial charge < -0.3 is 10.6 Å². The number of nitrogens with one attached hydrogen (secondary N) is 2. The number of benzene rings is 1. The lowest BCUT2D eigenvalue weighted by Crippen LogP contribution is -2.54. The summed E-state index contributed by atoms with van der Waals surface area (Å²) in [4.78, 5) is 33.1. The van der Waals surface area contributed by atoms with Gasteiger partial charge in [0, 0.05) is 44.3 Å². The molecule has 2 heterocycles. The van der Waals surface area contributed by atoms with Crippen molar-refractivity contribution in [3.8, 4) is 0 Å². The van der Waals surface area contributed by atoms with E-state index < -0.39 is 0 Å². The van der Waals surface area contributed by atoms with Crippen molar-refractivity contribution in [2.75, 3.05) is 44.6 Å². The maximum Gasteiger partial charge on any atom is 0.241 e. The lowest BCUT2D eigenvalue weighted by atomic mass is 10.1. The highest BCUT2D eigenvalue weighted by Crippen LogP contribution is 2.21. The van der Waals surface area contributed by atoms with Crippen molar-refractivity contribution < 1.29 is 9.59 Å². The lowest BCUT2D eigenvalue weighted by Gasteiger charge is -2.37. The maximum absolute atomic E-state index is 12.7. The van der Waals surface area contributed by atoms with E-state index in [-0.39, 0.29) is 17.9 Å². The predicted octanol–water partition coefficient (Wildman–Crippen LogP) is 1.32. The van der Waals surface area contributed by atoms with Crippen LogP contribution in [0, 0.1) is 0 Å². The van der Waals surface area contributed by atoms with Crippen LogP contribution in [0.4, 0.5) is 5.69 Å². The maximum atomic E-state index is 12.7. The monoisotopic (exact) mass is 369 g/mol. The zero-order chi connectivity index (χ0) is 19.2. The summed E-state index contributed by atoms with van der Waals surface area (Å²) in [5, 5.41) is 6.80. The Morgan fingerprint density at radius 1 is 1.15 bits per heavy atom. The van der Waals surface area contributed by atoms with Crippen LogP contribution in [0.15, 0.2) is 36.5 Å². The van der Waals surface area contributed by atoms with Gasteiger partial charge >= 0.3 is 0 Å². The van der Waals surface area contributed by atoms with Gasteiger partial charge in [-0.25, -0.2) is 0 Å². The summed E-state index contributed by atoms with van der Waals surface area (Å²) in [5.74, 6) is 0.0323. The largest absolute Gasteiger partial charge is 0.355 e. The van der Waals surface area contributed by atoms with E-state index >= 15 is 0 Å². The first-order chi connectivity index (χ1) is 13.1. The second-order valence-electron chi connectivity index (χ2n) is 6.81. The minimum absolute atomic E-state index is 0.0245. The zero-order valence-corrected chi connectivity index (χ0v) is 15.9. The summed E-state index contributed by atoms with van der Waals surface area (Å²) in [6, 6.07) is 9.33. The molecule has 1 aromatic carbocycles. The molecule has 0 unspecified atom stereocenters. The highest BCUT2D eigenvalue weighted by atomic mass is 16.2. The molecular formula is C20H27N5O2. The van der Waals surface area contributed by atoms with Crippen LogP contribution in [0.3, 0.4) is 0 Å². The van der Waals surface area contributed by atoms with E-state index in [0.29, 0.717) is 13.1 Å². The number of carbonyl (C=O) groups is 2. The Kier molecular flexibility index (Phi) is 6.36. The summed E-state index contributed by atoms with van der Waals surface area (Å²) < 4.78 is 0. The van der Waals surface area contributed by atoms with Crippen LogP contribution < -0.4 is 10.6 Å². The number of anilines is 1. The van der Waals surface area contributed by atoms with E-state index in [0.717, 1.165) is 42.8 Å². The Hall–Kier alpha value is -2.51.